The van der Waals surface area contributed by atoms with E-state index in [4.69, 9.17) is 16.7 Å². The van der Waals surface area contributed by atoms with Crippen LogP contribution in [-0.4, -0.2) is 29.1 Å². The van der Waals surface area contributed by atoms with E-state index in [-0.39, 0.29) is 10.6 Å². The van der Waals surface area contributed by atoms with Crippen LogP contribution in [0.1, 0.15) is 36.5 Å². The SMILES string of the molecule is CCN(CC1CCC1)c1nccc(C(=O)O)c1Cl. The van der Waals surface area contributed by atoms with Crippen LogP contribution in [0.25, 0.3) is 0 Å². The van der Waals surface area contributed by atoms with Crippen LogP contribution in [-0.2, 0) is 0 Å². The van der Waals surface area contributed by atoms with E-state index in [1.54, 1.807) is 0 Å². The van der Waals surface area contributed by atoms with Gasteiger partial charge in [0.25, 0.3) is 0 Å². The summed E-state index contributed by atoms with van der Waals surface area (Å²) in [7, 11) is 0. The summed E-state index contributed by atoms with van der Waals surface area (Å²) in [4.78, 5) is 17.3. The van der Waals surface area contributed by atoms with Gasteiger partial charge in [0.15, 0.2) is 0 Å². The van der Waals surface area contributed by atoms with E-state index in [1.807, 2.05) is 6.92 Å². The molecule has 0 atom stereocenters. The smallest absolute Gasteiger partial charge is 0.337 e. The fourth-order valence-corrected chi connectivity index (χ4v) is 2.48. The molecule has 0 bridgehead atoms. The predicted octanol–water partition coefficient (Wildman–Crippen LogP) is 3.06. The lowest BCUT2D eigenvalue weighted by Crippen LogP contribution is -2.33. The quantitative estimate of drug-likeness (QED) is 0.892. The Labute approximate surface area is 112 Å². The van der Waals surface area contributed by atoms with E-state index < -0.39 is 5.97 Å². The van der Waals surface area contributed by atoms with Gasteiger partial charge >= 0.3 is 5.97 Å². The second kappa shape index (κ2) is 5.57. The number of pyridine rings is 1. The van der Waals surface area contributed by atoms with Gasteiger partial charge in [-0.05, 0) is 31.7 Å². The maximum atomic E-state index is 11.0. The zero-order valence-electron chi connectivity index (χ0n) is 10.4. The summed E-state index contributed by atoms with van der Waals surface area (Å²) >= 11 is 6.14. The maximum absolute atomic E-state index is 11.0. The summed E-state index contributed by atoms with van der Waals surface area (Å²) in [5.41, 5.74) is 0.119. The molecule has 1 N–H and O–H groups in total. The number of halogens is 1. The zero-order chi connectivity index (χ0) is 13.1. The lowest BCUT2D eigenvalue weighted by molar-refractivity contribution is 0.0697. The van der Waals surface area contributed by atoms with Gasteiger partial charge in [0.1, 0.15) is 5.82 Å². The highest BCUT2D eigenvalue weighted by atomic mass is 35.5. The van der Waals surface area contributed by atoms with E-state index in [2.05, 4.69) is 9.88 Å². The molecular weight excluding hydrogens is 252 g/mol. The Balaban J connectivity index is 2.23. The molecule has 0 radical (unpaired) electrons. The molecule has 98 valence electrons. The Morgan fingerprint density at radius 3 is 2.83 bits per heavy atom. The van der Waals surface area contributed by atoms with Gasteiger partial charge in [-0.15, -0.1) is 0 Å². The molecule has 5 heteroatoms. The van der Waals surface area contributed by atoms with E-state index >= 15 is 0 Å². The fraction of sp³-hybridized carbons (Fsp3) is 0.538. The normalized spacial score (nSPS) is 15.2. The Bertz CT molecular complexity index is 447. The fourth-order valence-electron chi connectivity index (χ4n) is 2.17. The van der Waals surface area contributed by atoms with Crippen molar-refractivity contribution in [2.45, 2.75) is 26.2 Å². The van der Waals surface area contributed by atoms with Crippen molar-refractivity contribution in [3.05, 3.63) is 22.8 Å². The van der Waals surface area contributed by atoms with Gasteiger partial charge < -0.3 is 10.0 Å². The number of aromatic nitrogens is 1. The summed E-state index contributed by atoms with van der Waals surface area (Å²) in [6.07, 6.45) is 5.28. The number of hydrogen-bond acceptors (Lipinski definition) is 3. The second-order valence-corrected chi connectivity index (χ2v) is 5.01. The summed E-state index contributed by atoms with van der Waals surface area (Å²) in [5, 5.41) is 9.29. The number of carboxylic acids is 1. The van der Waals surface area contributed by atoms with Gasteiger partial charge in [0.05, 0.1) is 10.6 Å². The molecule has 4 nitrogen and oxygen atoms in total. The minimum Gasteiger partial charge on any atom is -0.478 e. The molecule has 0 unspecified atom stereocenters. The minimum atomic E-state index is -1.01. The molecule has 0 aromatic carbocycles. The molecular formula is C13H17ClN2O2. The van der Waals surface area contributed by atoms with Crippen LogP contribution in [0.4, 0.5) is 5.82 Å². The molecule has 1 saturated carbocycles. The van der Waals surface area contributed by atoms with Crippen molar-refractivity contribution in [2.24, 2.45) is 5.92 Å². The van der Waals surface area contributed by atoms with E-state index in [0.29, 0.717) is 11.7 Å². The van der Waals surface area contributed by atoms with Gasteiger partial charge in [-0.25, -0.2) is 9.78 Å². The summed E-state index contributed by atoms with van der Waals surface area (Å²) in [5.74, 6) is 0.269. The van der Waals surface area contributed by atoms with Crippen LogP contribution < -0.4 is 4.90 Å². The predicted molar refractivity (Wildman–Crippen MR) is 71.4 cm³/mol. The average Bonchev–Trinajstić information content (AvgIpc) is 2.29. The highest BCUT2D eigenvalue weighted by Crippen LogP contribution is 2.32. The molecule has 0 saturated heterocycles. The standard InChI is InChI=1S/C13H17ClN2O2/c1-2-16(8-9-4-3-5-9)12-11(14)10(13(17)18)6-7-15-12/h6-7,9H,2-5,8H2,1H3,(H,17,18). The second-order valence-electron chi connectivity index (χ2n) is 4.64. The van der Waals surface area contributed by atoms with E-state index in [9.17, 15) is 4.79 Å². The van der Waals surface area contributed by atoms with Gasteiger partial charge in [-0.2, -0.15) is 0 Å². The Kier molecular flexibility index (Phi) is 4.07. The first-order valence-electron chi connectivity index (χ1n) is 6.26. The minimum absolute atomic E-state index is 0.119. The number of hydrogen-bond donors (Lipinski definition) is 1. The van der Waals surface area contributed by atoms with Crippen molar-refractivity contribution < 1.29 is 9.90 Å². The summed E-state index contributed by atoms with van der Waals surface area (Å²) in [6.45, 7) is 3.72. The molecule has 1 aromatic heterocycles. The lowest BCUT2D eigenvalue weighted by Gasteiger charge is -2.32. The van der Waals surface area contributed by atoms with Crippen molar-refractivity contribution >= 4 is 23.4 Å². The van der Waals surface area contributed by atoms with E-state index in [0.717, 1.165) is 13.1 Å². The number of aromatic carboxylic acids is 1. The molecule has 1 heterocycles. The molecule has 0 amide bonds. The first-order chi connectivity index (χ1) is 8.63. The number of rotatable bonds is 5. The summed E-state index contributed by atoms with van der Waals surface area (Å²) < 4.78 is 0. The average molecular weight is 269 g/mol. The highest BCUT2D eigenvalue weighted by Gasteiger charge is 2.23. The third-order valence-electron chi connectivity index (χ3n) is 3.49. The first-order valence-corrected chi connectivity index (χ1v) is 6.64. The lowest BCUT2D eigenvalue weighted by atomic mass is 9.85. The number of nitrogens with zero attached hydrogens (tertiary/aromatic N) is 2. The maximum Gasteiger partial charge on any atom is 0.337 e. The van der Waals surface area contributed by atoms with E-state index in [1.165, 1.54) is 31.5 Å². The van der Waals surface area contributed by atoms with Gasteiger partial charge in [0, 0.05) is 19.3 Å². The molecule has 2 rings (SSSR count). The largest absolute Gasteiger partial charge is 0.478 e. The molecule has 1 fully saturated rings. The van der Waals surface area contributed by atoms with Crippen LogP contribution in [0.2, 0.25) is 5.02 Å². The monoisotopic (exact) mass is 268 g/mol. The number of carboxylic acid groups (broad SMARTS) is 1. The molecule has 0 spiro atoms. The zero-order valence-corrected chi connectivity index (χ0v) is 11.2. The first kappa shape index (κ1) is 13.1. The Morgan fingerprint density at radius 1 is 1.61 bits per heavy atom. The van der Waals surface area contributed by atoms with Crippen molar-refractivity contribution in [2.75, 3.05) is 18.0 Å². The third-order valence-corrected chi connectivity index (χ3v) is 3.86. The van der Waals surface area contributed by atoms with Crippen LogP contribution in [0.15, 0.2) is 12.3 Å². The van der Waals surface area contributed by atoms with Crippen molar-refractivity contribution in [1.29, 1.82) is 0 Å². The Morgan fingerprint density at radius 2 is 2.33 bits per heavy atom. The molecule has 18 heavy (non-hydrogen) atoms. The highest BCUT2D eigenvalue weighted by molar-refractivity contribution is 6.35. The van der Waals surface area contributed by atoms with Crippen LogP contribution in [0.5, 0.6) is 0 Å². The van der Waals surface area contributed by atoms with Gasteiger partial charge in [-0.1, -0.05) is 18.0 Å². The van der Waals surface area contributed by atoms with Crippen LogP contribution in [0.3, 0.4) is 0 Å². The number of anilines is 1. The van der Waals surface area contributed by atoms with Crippen molar-refractivity contribution in [3.63, 3.8) is 0 Å². The molecule has 0 aliphatic heterocycles. The molecule has 1 aromatic rings. The van der Waals surface area contributed by atoms with Crippen molar-refractivity contribution in [3.8, 4) is 0 Å². The van der Waals surface area contributed by atoms with Gasteiger partial charge in [-0.3, -0.25) is 0 Å². The topological polar surface area (TPSA) is 53.4 Å². The third kappa shape index (κ3) is 2.58. The molecule has 1 aliphatic carbocycles. The Hall–Kier alpha value is -1.29. The van der Waals surface area contributed by atoms with Crippen molar-refractivity contribution in [1.82, 2.24) is 4.98 Å². The molecule has 1 aliphatic rings. The number of carbonyl (C=O) groups is 1. The van der Waals surface area contributed by atoms with Crippen LogP contribution in [0, 0.1) is 5.92 Å². The summed E-state index contributed by atoms with van der Waals surface area (Å²) in [6, 6.07) is 1.44. The van der Waals surface area contributed by atoms with Gasteiger partial charge in [0.2, 0.25) is 0 Å². The van der Waals surface area contributed by atoms with Crippen LogP contribution >= 0.6 is 11.6 Å².